The van der Waals surface area contributed by atoms with E-state index in [1.54, 1.807) is 0 Å². The number of allylic oxidation sites excluding steroid dienone is 4. The van der Waals surface area contributed by atoms with Crippen LogP contribution >= 0.6 is 22.7 Å². The zero-order valence-corrected chi connectivity index (χ0v) is 42.9. The number of rotatable bonds is 7. The summed E-state index contributed by atoms with van der Waals surface area (Å²) in [4.78, 5) is 10.2. The van der Waals surface area contributed by atoms with Gasteiger partial charge < -0.3 is 9.99 Å². The fourth-order valence-electron chi connectivity index (χ4n) is 11.8. The number of nitrogens with zero attached hydrogens (tertiary/aromatic N) is 4. The number of para-hydroxylation sites is 2. The van der Waals surface area contributed by atoms with Crippen LogP contribution in [-0.4, -0.2) is 14.5 Å². The quantitative estimate of drug-likeness (QED) is 0.173. The van der Waals surface area contributed by atoms with Gasteiger partial charge in [-0.15, -0.1) is 22.7 Å². The van der Waals surface area contributed by atoms with Crippen LogP contribution < -0.4 is 10.4 Å². The molecule has 0 radical (unpaired) electrons. The van der Waals surface area contributed by atoms with E-state index >= 15 is 0 Å². The molecule has 1 N–H and O–H groups in total. The molecule has 0 saturated heterocycles. The van der Waals surface area contributed by atoms with E-state index in [0.717, 1.165) is 52.2 Å². The number of hydrogen-bond donors (Lipinski definition) is 1. The van der Waals surface area contributed by atoms with E-state index in [9.17, 15) is 0 Å². The lowest BCUT2D eigenvalue weighted by atomic mass is 9.85. The third kappa shape index (κ3) is 7.58. The monoisotopic (exact) mass is 1010 g/mol. The molecule has 6 heterocycles. The van der Waals surface area contributed by atoms with Crippen molar-refractivity contribution in [3.63, 3.8) is 0 Å². The highest BCUT2D eigenvalue weighted by atomic mass is 32.1. The standard InChI is InChI=1S/C69H47N5S2/c1-4-23-63-45(12-1)27-26-44(50-15-10-33-70-42-50)32-35-72-74(63)54-18-8-13-46(37-54)48-29-31-67-60(39-48)62-41-52(40-61(69(62)76-67)58-22-9-21-57-56-20-3-6-25-66(56)75-68(57)58)47-14-7-17-53(36-47)73-64-24-5-2-19-55(64)59-38-49(28-30-65(59)73)51-16-11-34-71-43-51/h1-26,28-38,40-43,48,72H,27,39H2/b35-32-,44-26+. The second kappa shape index (κ2) is 18.4. The highest BCUT2D eigenvalue weighted by molar-refractivity contribution is 7.26. The third-order valence-electron chi connectivity index (χ3n) is 15.4. The average molecular weight is 1010 g/mol. The number of hydrazine groups is 1. The lowest BCUT2D eigenvalue weighted by Gasteiger charge is -2.28. The molecule has 1 atom stereocenters. The van der Waals surface area contributed by atoms with Gasteiger partial charge in [-0.05, 0) is 154 Å². The predicted octanol–water partition coefficient (Wildman–Crippen LogP) is 18.3. The number of thiophene rings is 2. The topological polar surface area (TPSA) is 46.0 Å². The molecule has 0 saturated carbocycles. The summed E-state index contributed by atoms with van der Waals surface area (Å²) in [6, 6.07) is 71.6. The van der Waals surface area contributed by atoms with Crippen molar-refractivity contribution in [1.29, 1.82) is 0 Å². The summed E-state index contributed by atoms with van der Waals surface area (Å²) in [5.74, 6) is 0.183. The number of nitrogens with one attached hydrogen (secondary N) is 1. The molecule has 76 heavy (non-hydrogen) atoms. The zero-order valence-electron chi connectivity index (χ0n) is 41.3. The van der Waals surface area contributed by atoms with Crippen LogP contribution in [0.2, 0.25) is 0 Å². The van der Waals surface area contributed by atoms with Gasteiger partial charge in [0.15, 0.2) is 0 Å². The van der Waals surface area contributed by atoms with Crippen molar-refractivity contribution in [2.24, 2.45) is 0 Å². The molecule has 1 aliphatic heterocycles. The van der Waals surface area contributed by atoms with Crippen LogP contribution in [-0.2, 0) is 12.8 Å². The van der Waals surface area contributed by atoms with Crippen molar-refractivity contribution in [2.45, 2.75) is 18.8 Å². The molecule has 8 aromatic carbocycles. The van der Waals surface area contributed by atoms with Crippen LogP contribution in [0.5, 0.6) is 0 Å². The Bertz CT molecular complexity index is 4520. The van der Waals surface area contributed by atoms with Gasteiger partial charge in [0, 0.05) is 99.8 Å². The summed E-state index contributed by atoms with van der Waals surface area (Å²) in [6.45, 7) is 0. The van der Waals surface area contributed by atoms with Crippen molar-refractivity contribution < 1.29 is 0 Å². The Morgan fingerprint density at radius 1 is 0.500 bits per heavy atom. The molecule has 13 aromatic rings. The van der Waals surface area contributed by atoms with Crippen LogP contribution in [0, 0.1) is 0 Å². The lowest BCUT2D eigenvalue weighted by Crippen LogP contribution is -2.30. The predicted molar refractivity (Wildman–Crippen MR) is 322 cm³/mol. The zero-order chi connectivity index (χ0) is 50.1. The first kappa shape index (κ1) is 44.4. The third-order valence-corrected chi connectivity index (χ3v) is 17.9. The van der Waals surface area contributed by atoms with E-state index in [0.29, 0.717) is 0 Å². The van der Waals surface area contributed by atoms with Crippen LogP contribution in [0.4, 0.5) is 11.4 Å². The molecule has 360 valence electrons. The fourth-order valence-corrected chi connectivity index (χ4v) is 14.2. The number of anilines is 2. The van der Waals surface area contributed by atoms with Gasteiger partial charge in [-0.3, -0.25) is 15.0 Å². The summed E-state index contributed by atoms with van der Waals surface area (Å²) in [7, 11) is 0. The molecule has 0 bridgehead atoms. The second-order valence-corrected chi connectivity index (χ2v) is 21.9. The molecule has 5 aromatic heterocycles. The molecule has 0 fully saturated rings. The SMILES string of the molecule is C1=CC(c2cccc(N3N/C=C\C(c4cccnc4)=C/Cc4ccccc43)c2)Cc2c1sc1c(-c3cccc4c3sc3ccccc34)cc(-c3cccc(-n4c5ccccc5c5cc(-c6cccnc6)ccc54)c3)cc21. The Kier molecular flexibility index (Phi) is 10.7. The summed E-state index contributed by atoms with van der Waals surface area (Å²) in [5, 5.41) is 8.64. The number of pyridine rings is 2. The second-order valence-electron chi connectivity index (χ2n) is 19.8. The molecule has 1 unspecified atom stereocenters. The minimum atomic E-state index is 0.183. The minimum Gasteiger partial charge on any atom is -0.309 e. The first-order valence-electron chi connectivity index (χ1n) is 25.9. The lowest BCUT2D eigenvalue weighted by molar-refractivity contribution is 0.830. The van der Waals surface area contributed by atoms with Crippen molar-refractivity contribution in [3.8, 4) is 39.1 Å². The van der Waals surface area contributed by atoms with Crippen LogP contribution in [0.3, 0.4) is 0 Å². The van der Waals surface area contributed by atoms with Gasteiger partial charge in [-0.25, -0.2) is 0 Å². The van der Waals surface area contributed by atoms with Crippen molar-refractivity contribution in [3.05, 3.63) is 270 Å². The van der Waals surface area contributed by atoms with Gasteiger partial charge in [0.2, 0.25) is 0 Å². The fraction of sp³-hybridized carbons (Fsp3) is 0.0435. The number of fused-ring (bicyclic) bond motifs is 10. The van der Waals surface area contributed by atoms with Gasteiger partial charge in [0.05, 0.1) is 22.4 Å². The van der Waals surface area contributed by atoms with E-state index in [4.69, 9.17) is 0 Å². The number of benzene rings is 8. The summed E-state index contributed by atoms with van der Waals surface area (Å²) < 4.78 is 6.42. The van der Waals surface area contributed by atoms with Crippen LogP contribution in [0.25, 0.3) is 103 Å². The number of aromatic nitrogens is 3. The first-order chi connectivity index (χ1) is 37.7. The maximum atomic E-state index is 4.43. The van der Waals surface area contributed by atoms with E-state index in [1.807, 2.05) is 65.8 Å². The van der Waals surface area contributed by atoms with Gasteiger partial charge >= 0.3 is 0 Å². The highest BCUT2D eigenvalue weighted by Gasteiger charge is 2.25. The van der Waals surface area contributed by atoms with Gasteiger partial charge in [0.25, 0.3) is 0 Å². The molecule has 2 aliphatic rings. The Hall–Kier alpha value is -9.14. The van der Waals surface area contributed by atoms with E-state index < -0.39 is 0 Å². The molecule has 5 nitrogen and oxygen atoms in total. The van der Waals surface area contributed by atoms with Crippen molar-refractivity contribution in [2.75, 3.05) is 5.01 Å². The molecule has 7 heteroatoms. The molecule has 1 aliphatic carbocycles. The average Bonchev–Trinajstić information content (AvgIpc) is 4.18. The van der Waals surface area contributed by atoms with Crippen molar-refractivity contribution >= 4 is 97.8 Å². The van der Waals surface area contributed by atoms with Crippen LogP contribution in [0.15, 0.2) is 243 Å². The largest absolute Gasteiger partial charge is 0.309 e. The minimum absolute atomic E-state index is 0.183. The molecule has 0 spiro atoms. The van der Waals surface area contributed by atoms with Crippen LogP contribution in [0.1, 0.15) is 33.0 Å². The molecular weight excluding hydrogens is 963 g/mol. The van der Waals surface area contributed by atoms with Gasteiger partial charge in [0.1, 0.15) is 0 Å². The van der Waals surface area contributed by atoms with Gasteiger partial charge in [-0.1, -0.05) is 127 Å². The Labute approximate surface area is 448 Å². The summed E-state index contributed by atoms with van der Waals surface area (Å²) in [5.41, 5.74) is 22.8. The van der Waals surface area contributed by atoms with E-state index in [1.165, 1.54) is 95.9 Å². The van der Waals surface area contributed by atoms with E-state index in [2.05, 4.69) is 231 Å². The smallest absolute Gasteiger partial charge is 0.0665 e. The Morgan fingerprint density at radius 2 is 1.24 bits per heavy atom. The summed E-state index contributed by atoms with van der Waals surface area (Å²) in [6.07, 6.45) is 20.5. The Morgan fingerprint density at radius 3 is 2.14 bits per heavy atom. The molecule has 0 amide bonds. The van der Waals surface area contributed by atoms with E-state index in [-0.39, 0.29) is 5.92 Å². The molecule has 15 rings (SSSR count). The molecular formula is C69H47N5S2. The number of hydrogen-bond acceptors (Lipinski definition) is 6. The maximum Gasteiger partial charge on any atom is 0.0665 e. The van der Waals surface area contributed by atoms with Crippen molar-refractivity contribution in [1.82, 2.24) is 20.0 Å². The first-order valence-corrected chi connectivity index (χ1v) is 27.5. The highest BCUT2D eigenvalue weighted by Crippen LogP contribution is 2.49. The summed E-state index contributed by atoms with van der Waals surface area (Å²) >= 11 is 3.84. The van der Waals surface area contributed by atoms with Gasteiger partial charge in [-0.2, -0.15) is 0 Å². The maximum absolute atomic E-state index is 4.43. The Balaban J connectivity index is 0.847. The normalized spacial score (nSPS) is 15.5.